The minimum Gasteiger partial charge on any atom is -0.399 e. The SMILES string of the molecule is CO[SiH](OC)C1NC(C)CC2CC(C)CCC21. The molecule has 0 bridgehead atoms. The molecule has 0 aromatic heterocycles. The molecule has 100 valence electrons. The molecule has 1 N–H and O–H groups in total. The second-order valence-electron chi connectivity index (χ2n) is 6.01. The Morgan fingerprint density at radius 1 is 1.06 bits per heavy atom. The fraction of sp³-hybridized carbons (Fsp3) is 1.00. The third kappa shape index (κ3) is 2.92. The first kappa shape index (κ1) is 13.5. The Morgan fingerprint density at radius 3 is 2.41 bits per heavy atom. The van der Waals surface area contributed by atoms with Gasteiger partial charge in [-0.3, -0.25) is 0 Å². The summed E-state index contributed by atoms with van der Waals surface area (Å²) >= 11 is 0. The summed E-state index contributed by atoms with van der Waals surface area (Å²) in [4.78, 5) is 0. The van der Waals surface area contributed by atoms with E-state index in [1.54, 1.807) is 0 Å². The van der Waals surface area contributed by atoms with Gasteiger partial charge in [-0.1, -0.05) is 13.3 Å². The molecule has 3 nitrogen and oxygen atoms in total. The first-order valence-corrected chi connectivity index (χ1v) is 8.58. The number of hydrogen-bond donors (Lipinski definition) is 1. The van der Waals surface area contributed by atoms with E-state index in [1.807, 2.05) is 14.2 Å². The normalized spacial score (nSPS) is 42.5. The largest absolute Gasteiger partial charge is 0.399 e. The molecule has 0 aromatic carbocycles. The van der Waals surface area contributed by atoms with Gasteiger partial charge in [-0.15, -0.1) is 0 Å². The van der Waals surface area contributed by atoms with Gasteiger partial charge in [0.05, 0.1) is 5.67 Å². The standard InChI is InChI=1S/C13H27NO2Si/c1-9-5-6-12-11(7-9)8-10(2)14-13(12)17(15-3)16-4/h9-14,17H,5-8H2,1-4H3. The van der Waals surface area contributed by atoms with E-state index in [4.69, 9.17) is 8.85 Å². The Labute approximate surface area is 107 Å². The summed E-state index contributed by atoms with van der Waals surface area (Å²) in [5.41, 5.74) is 0.506. The molecule has 2 fully saturated rings. The van der Waals surface area contributed by atoms with Crippen molar-refractivity contribution in [2.75, 3.05) is 14.2 Å². The van der Waals surface area contributed by atoms with Gasteiger partial charge in [0.15, 0.2) is 0 Å². The highest BCUT2D eigenvalue weighted by atomic mass is 28.3. The molecule has 2 rings (SSSR count). The molecule has 0 radical (unpaired) electrons. The summed E-state index contributed by atoms with van der Waals surface area (Å²) in [6, 6.07) is 0.617. The van der Waals surface area contributed by atoms with Crippen LogP contribution in [0.1, 0.15) is 39.5 Å². The Kier molecular flexibility index (Phi) is 4.63. The molecule has 4 heteroatoms. The summed E-state index contributed by atoms with van der Waals surface area (Å²) in [6.07, 6.45) is 5.47. The summed E-state index contributed by atoms with van der Waals surface area (Å²) in [5.74, 6) is 2.59. The first-order chi connectivity index (χ1) is 8.15. The predicted molar refractivity (Wildman–Crippen MR) is 72.2 cm³/mol. The zero-order valence-electron chi connectivity index (χ0n) is 11.6. The molecule has 0 amide bonds. The van der Waals surface area contributed by atoms with Crippen LogP contribution in [-0.4, -0.2) is 35.2 Å². The zero-order valence-corrected chi connectivity index (χ0v) is 12.8. The van der Waals surface area contributed by atoms with Gasteiger partial charge < -0.3 is 14.2 Å². The smallest absolute Gasteiger partial charge is 0.338 e. The van der Waals surface area contributed by atoms with Crippen LogP contribution in [0.2, 0.25) is 0 Å². The van der Waals surface area contributed by atoms with Gasteiger partial charge in [0, 0.05) is 20.3 Å². The Bertz CT molecular complexity index is 246. The van der Waals surface area contributed by atoms with E-state index >= 15 is 0 Å². The second kappa shape index (κ2) is 5.82. The van der Waals surface area contributed by atoms with E-state index < -0.39 is 9.28 Å². The van der Waals surface area contributed by atoms with E-state index in [0.29, 0.717) is 11.7 Å². The molecule has 5 unspecified atom stereocenters. The van der Waals surface area contributed by atoms with Crippen molar-refractivity contribution in [1.82, 2.24) is 5.32 Å². The zero-order chi connectivity index (χ0) is 12.4. The summed E-state index contributed by atoms with van der Waals surface area (Å²) in [5, 5.41) is 3.74. The van der Waals surface area contributed by atoms with Crippen LogP contribution in [0.5, 0.6) is 0 Å². The lowest BCUT2D eigenvalue weighted by molar-refractivity contribution is 0.0928. The predicted octanol–water partition coefficient (Wildman–Crippen LogP) is 1.84. The van der Waals surface area contributed by atoms with Gasteiger partial charge in [0.1, 0.15) is 0 Å². The molecule has 1 saturated heterocycles. The van der Waals surface area contributed by atoms with Gasteiger partial charge in [0.25, 0.3) is 0 Å². The third-order valence-electron chi connectivity index (χ3n) is 4.66. The fourth-order valence-electron chi connectivity index (χ4n) is 3.91. The lowest BCUT2D eigenvalue weighted by atomic mass is 9.70. The molecule has 1 heterocycles. The van der Waals surface area contributed by atoms with Crippen LogP contribution in [0.4, 0.5) is 0 Å². The number of nitrogens with one attached hydrogen (secondary N) is 1. The van der Waals surface area contributed by atoms with Crippen molar-refractivity contribution in [3.63, 3.8) is 0 Å². The van der Waals surface area contributed by atoms with Crippen LogP contribution in [0, 0.1) is 17.8 Å². The molecule has 1 saturated carbocycles. The van der Waals surface area contributed by atoms with Gasteiger partial charge in [0.2, 0.25) is 0 Å². The minimum absolute atomic E-state index is 0.506. The lowest BCUT2D eigenvalue weighted by Gasteiger charge is -2.47. The van der Waals surface area contributed by atoms with Crippen molar-refractivity contribution in [1.29, 1.82) is 0 Å². The highest BCUT2D eigenvalue weighted by Crippen LogP contribution is 2.41. The van der Waals surface area contributed by atoms with E-state index in [-0.39, 0.29) is 0 Å². The van der Waals surface area contributed by atoms with Crippen LogP contribution in [-0.2, 0) is 8.85 Å². The van der Waals surface area contributed by atoms with Crippen LogP contribution in [0.25, 0.3) is 0 Å². The maximum Gasteiger partial charge on any atom is 0.338 e. The van der Waals surface area contributed by atoms with Crippen molar-refractivity contribution in [3.05, 3.63) is 0 Å². The Hall–Kier alpha value is 0.0969. The number of hydrogen-bond acceptors (Lipinski definition) is 3. The molecule has 17 heavy (non-hydrogen) atoms. The molecule has 2 aliphatic rings. The first-order valence-electron chi connectivity index (χ1n) is 6.97. The fourth-order valence-corrected chi connectivity index (χ4v) is 6.09. The summed E-state index contributed by atoms with van der Waals surface area (Å²) in [7, 11) is 2.08. The van der Waals surface area contributed by atoms with Crippen molar-refractivity contribution in [2.24, 2.45) is 17.8 Å². The van der Waals surface area contributed by atoms with Gasteiger partial charge in [-0.05, 0) is 43.9 Å². The van der Waals surface area contributed by atoms with Crippen LogP contribution in [0.15, 0.2) is 0 Å². The van der Waals surface area contributed by atoms with Crippen molar-refractivity contribution >= 4 is 9.28 Å². The van der Waals surface area contributed by atoms with E-state index in [1.165, 1.54) is 25.7 Å². The monoisotopic (exact) mass is 257 g/mol. The maximum atomic E-state index is 5.62. The van der Waals surface area contributed by atoms with Crippen LogP contribution >= 0.6 is 0 Å². The number of piperidine rings is 1. The van der Waals surface area contributed by atoms with Crippen molar-refractivity contribution < 1.29 is 8.85 Å². The highest BCUT2D eigenvalue weighted by molar-refractivity contribution is 6.46. The molecule has 0 aromatic rings. The Balaban J connectivity index is 2.09. The minimum atomic E-state index is -1.54. The highest BCUT2D eigenvalue weighted by Gasteiger charge is 2.43. The Morgan fingerprint density at radius 2 is 1.76 bits per heavy atom. The van der Waals surface area contributed by atoms with Crippen molar-refractivity contribution in [3.8, 4) is 0 Å². The summed E-state index contributed by atoms with van der Waals surface area (Å²) < 4.78 is 11.2. The van der Waals surface area contributed by atoms with E-state index in [0.717, 1.165) is 17.8 Å². The van der Waals surface area contributed by atoms with Gasteiger partial charge >= 0.3 is 9.28 Å². The van der Waals surface area contributed by atoms with Gasteiger partial charge in [-0.2, -0.15) is 0 Å². The molecular weight excluding hydrogens is 230 g/mol. The maximum absolute atomic E-state index is 5.62. The number of fused-ring (bicyclic) bond motifs is 1. The van der Waals surface area contributed by atoms with Crippen LogP contribution < -0.4 is 5.32 Å². The summed E-state index contributed by atoms with van der Waals surface area (Å²) in [6.45, 7) is 4.71. The van der Waals surface area contributed by atoms with E-state index in [9.17, 15) is 0 Å². The van der Waals surface area contributed by atoms with Crippen molar-refractivity contribution in [2.45, 2.75) is 51.2 Å². The topological polar surface area (TPSA) is 30.5 Å². The third-order valence-corrected chi connectivity index (χ3v) is 6.86. The van der Waals surface area contributed by atoms with Crippen LogP contribution in [0.3, 0.4) is 0 Å². The average molecular weight is 257 g/mol. The molecular formula is C13H27NO2Si. The second-order valence-corrected chi connectivity index (χ2v) is 8.41. The number of rotatable bonds is 3. The molecule has 1 aliphatic carbocycles. The molecule has 1 aliphatic heterocycles. The average Bonchev–Trinajstić information content (AvgIpc) is 2.29. The molecule has 5 atom stereocenters. The lowest BCUT2D eigenvalue weighted by Crippen LogP contribution is -2.60. The van der Waals surface area contributed by atoms with Gasteiger partial charge in [-0.25, -0.2) is 0 Å². The van der Waals surface area contributed by atoms with E-state index in [2.05, 4.69) is 19.2 Å². The molecule has 0 spiro atoms. The quantitative estimate of drug-likeness (QED) is 0.783.